The van der Waals surface area contributed by atoms with Crippen molar-refractivity contribution in [1.29, 1.82) is 0 Å². The van der Waals surface area contributed by atoms with E-state index >= 15 is 0 Å². The van der Waals surface area contributed by atoms with Crippen molar-refractivity contribution >= 4 is 23.0 Å². The number of carbonyl (C=O) groups excluding carboxylic acids is 1. The summed E-state index contributed by atoms with van der Waals surface area (Å²) < 4.78 is 10.6. The number of rotatable bonds is 2. The number of nitrogens with zero attached hydrogens (tertiary/aromatic N) is 1. The third-order valence-corrected chi connectivity index (χ3v) is 3.07. The number of nitrogens with one attached hydrogen (secondary N) is 2. The van der Waals surface area contributed by atoms with E-state index in [1.165, 1.54) is 0 Å². The maximum absolute atomic E-state index is 11.3. The van der Waals surface area contributed by atoms with Gasteiger partial charge in [0.25, 0.3) is 5.91 Å². The number of carbonyl (C=O) groups is 1. The van der Waals surface area contributed by atoms with Crippen LogP contribution in [0.3, 0.4) is 0 Å². The Morgan fingerprint density at radius 3 is 2.89 bits per heavy atom. The predicted molar refractivity (Wildman–Crippen MR) is 71.0 cm³/mol. The summed E-state index contributed by atoms with van der Waals surface area (Å²) in [7, 11) is 0. The highest BCUT2D eigenvalue weighted by Crippen LogP contribution is 2.35. The van der Waals surface area contributed by atoms with Gasteiger partial charge in [-0.25, -0.2) is 5.01 Å². The van der Waals surface area contributed by atoms with Crippen LogP contribution in [0, 0.1) is 0 Å². The van der Waals surface area contributed by atoms with Crippen molar-refractivity contribution in [2.75, 3.05) is 49.4 Å². The van der Waals surface area contributed by atoms with Crippen molar-refractivity contribution in [2.24, 2.45) is 0 Å². The fourth-order valence-corrected chi connectivity index (χ4v) is 2.08. The third kappa shape index (κ3) is 2.56. The average Bonchev–Trinajstić information content (AvgIpc) is 2.41. The Labute approximate surface area is 110 Å². The quantitative estimate of drug-likeness (QED) is 0.664. The van der Waals surface area contributed by atoms with Crippen LogP contribution in [0.5, 0.6) is 5.75 Å². The molecule has 2 aliphatic heterocycles. The van der Waals surface area contributed by atoms with Crippen LogP contribution in [0.25, 0.3) is 0 Å². The number of hydrazine groups is 1. The molecule has 0 aromatic heterocycles. The number of hydrogen-bond acceptors (Lipinski definition) is 6. The molecule has 0 radical (unpaired) electrons. The van der Waals surface area contributed by atoms with E-state index in [1.54, 1.807) is 12.1 Å². The number of amides is 1. The summed E-state index contributed by atoms with van der Waals surface area (Å²) >= 11 is 0. The lowest BCUT2D eigenvalue weighted by Gasteiger charge is -2.29. The van der Waals surface area contributed by atoms with Crippen LogP contribution < -0.4 is 21.2 Å². The van der Waals surface area contributed by atoms with Gasteiger partial charge in [0.1, 0.15) is 5.75 Å². The fraction of sp³-hybridized carbons (Fsp3) is 0.417. The molecule has 0 atom stereocenters. The Kier molecular flexibility index (Phi) is 3.14. The Hall–Kier alpha value is -1.99. The minimum absolute atomic E-state index is 0.0304. The van der Waals surface area contributed by atoms with E-state index in [4.69, 9.17) is 15.2 Å². The summed E-state index contributed by atoms with van der Waals surface area (Å²) in [6.45, 7) is 3.00. The highest BCUT2D eigenvalue weighted by Gasteiger charge is 2.19. The fourth-order valence-electron chi connectivity index (χ4n) is 2.08. The van der Waals surface area contributed by atoms with Crippen molar-refractivity contribution in [1.82, 2.24) is 5.01 Å². The molecule has 7 nitrogen and oxygen atoms in total. The first-order chi connectivity index (χ1) is 9.22. The van der Waals surface area contributed by atoms with Crippen LogP contribution in [0.15, 0.2) is 12.1 Å². The van der Waals surface area contributed by atoms with Crippen molar-refractivity contribution in [3.63, 3.8) is 0 Å². The Morgan fingerprint density at radius 1 is 1.32 bits per heavy atom. The first-order valence-corrected chi connectivity index (χ1v) is 6.18. The predicted octanol–water partition coefficient (Wildman–Crippen LogP) is 0.259. The van der Waals surface area contributed by atoms with Gasteiger partial charge >= 0.3 is 0 Å². The molecule has 0 unspecified atom stereocenters. The average molecular weight is 264 g/mol. The van der Waals surface area contributed by atoms with E-state index in [0.717, 1.165) is 18.8 Å². The molecule has 1 aromatic rings. The monoisotopic (exact) mass is 264 g/mol. The van der Waals surface area contributed by atoms with Crippen LogP contribution in [0.2, 0.25) is 0 Å². The first kappa shape index (κ1) is 12.1. The summed E-state index contributed by atoms with van der Waals surface area (Å²) in [6, 6.07) is 3.51. The summed E-state index contributed by atoms with van der Waals surface area (Å²) in [5.74, 6) is 0.444. The number of morpholine rings is 1. The van der Waals surface area contributed by atoms with E-state index in [2.05, 4.69) is 10.7 Å². The second-order valence-corrected chi connectivity index (χ2v) is 4.48. The molecule has 0 aliphatic carbocycles. The van der Waals surface area contributed by atoms with Gasteiger partial charge in [-0.05, 0) is 6.07 Å². The zero-order valence-electron chi connectivity index (χ0n) is 10.4. The summed E-state index contributed by atoms with van der Waals surface area (Å²) in [4.78, 5) is 11.3. The van der Waals surface area contributed by atoms with E-state index in [-0.39, 0.29) is 12.5 Å². The van der Waals surface area contributed by atoms with Crippen LogP contribution >= 0.6 is 0 Å². The van der Waals surface area contributed by atoms with Gasteiger partial charge < -0.3 is 25.9 Å². The summed E-state index contributed by atoms with van der Waals surface area (Å²) in [6.07, 6.45) is 0. The Bertz CT molecular complexity index is 500. The lowest BCUT2D eigenvalue weighted by molar-refractivity contribution is -0.118. The van der Waals surface area contributed by atoms with Gasteiger partial charge in [0, 0.05) is 19.2 Å². The minimum atomic E-state index is -0.158. The maximum Gasteiger partial charge on any atom is 0.262 e. The molecule has 1 amide bonds. The standard InChI is InChI=1S/C12H16N4O3/c13-8-5-11-10(14-12(17)7-19-11)6-9(8)15-16-1-3-18-4-2-16/h5-6,15H,1-4,7,13H2,(H,14,17). The first-order valence-electron chi connectivity index (χ1n) is 6.18. The van der Waals surface area contributed by atoms with Crippen LogP contribution in [-0.4, -0.2) is 43.8 Å². The Balaban J connectivity index is 1.80. The van der Waals surface area contributed by atoms with Gasteiger partial charge in [0.2, 0.25) is 0 Å². The molecule has 1 aromatic carbocycles. The molecule has 2 aliphatic rings. The van der Waals surface area contributed by atoms with Crippen molar-refractivity contribution in [3.8, 4) is 5.75 Å². The van der Waals surface area contributed by atoms with E-state index in [9.17, 15) is 4.79 Å². The minimum Gasteiger partial charge on any atom is -0.482 e. The molecule has 7 heteroatoms. The van der Waals surface area contributed by atoms with Gasteiger partial charge in [-0.1, -0.05) is 0 Å². The molecule has 3 rings (SSSR count). The van der Waals surface area contributed by atoms with Crippen LogP contribution in [-0.2, 0) is 9.53 Å². The molecule has 102 valence electrons. The van der Waals surface area contributed by atoms with E-state index in [0.29, 0.717) is 30.3 Å². The number of nitrogen functional groups attached to an aromatic ring is 1. The molecule has 2 heterocycles. The Morgan fingerprint density at radius 2 is 2.11 bits per heavy atom. The highest BCUT2D eigenvalue weighted by atomic mass is 16.5. The number of ether oxygens (including phenoxy) is 2. The van der Waals surface area contributed by atoms with Gasteiger partial charge in [-0.3, -0.25) is 4.79 Å². The van der Waals surface area contributed by atoms with Gasteiger partial charge in [0.05, 0.1) is 30.3 Å². The molecule has 19 heavy (non-hydrogen) atoms. The second-order valence-electron chi connectivity index (χ2n) is 4.48. The van der Waals surface area contributed by atoms with Crippen molar-refractivity contribution in [3.05, 3.63) is 12.1 Å². The molecular weight excluding hydrogens is 248 g/mol. The molecule has 0 spiro atoms. The number of hydrogen-bond donors (Lipinski definition) is 3. The van der Waals surface area contributed by atoms with Crippen molar-refractivity contribution < 1.29 is 14.3 Å². The largest absolute Gasteiger partial charge is 0.482 e. The maximum atomic E-state index is 11.3. The molecule has 1 fully saturated rings. The smallest absolute Gasteiger partial charge is 0.262 e. The molecule has 0 saturated carbocycles. The zero-order valence-corrected chi connectivity index (χ0v) is 10.4. The number of fused-ring (bicyclic) bond motifs is 1. The van der Waals surface area contributed by atoms with Gasteiger partial charge in [-0.15, -0.1) is 0 Å². The second kappa shape index (κ2) is 4.94. The topological polar surface area (TPSA) is 88.9 Å². The molecule has 4 N–H and O–H groups in total. The number of benzene rings is 1. The highest BCUT2D eigenvalue weighted by molar-refractivity contribution is 5.97. The van der Waals surface area contributed by atoms with Gasteiger partial charge in [-0.2, -0.15) is 0 Å². The van der Waals surface area contributed by atoms with Crippen molar-refractivity contribution in [2.45, 2.75) is 0 Å². The lowest BCUT2D eigenvalue weighted by Crippen LogP contribution is -2.40. The normalized spacial score (nSPS) is 19.3. The van der Waals surface area contributed by atoms with E-state index in [1.807, 2.05) is 5.01 Å². The van der Waals surface area contributed by atoms with Crippen LogP contribution in [0.1, 0.15) is 0 Å². The summed E-state index contributed by atoms with van der Waals surface area (Å²) in [5, 5.41) is 4.80. The number of nitrogens with two attached hydrogens (primary N) is 1. The summed E-state index contributed by atoms with van der Waals surface area (Å²) in [5.41, 5.74) is 11.2. The lowest BCUT2D eigenvalue weighted by atomic mass is 10.2. The molecule has 1 saturated heterocycles. The van der Waals surface area contributed by atoms with Crippen LogP contribution in [0.4, 0.5) is 17.1 Å². The molecule has 0 bridgehead atoms. The third-order valence-electron chi connectivity index (χ3n) is 3.07. The zero-order chi connectivity index (χ0) is 13.2. The van der Waals surface area contributed by atoms with E-state index < -0.39 is 0 Å². The SMILES string of the molecule is Nc1cc2c(cc1NN1CCOCC1)NC(=O)CO2. The van der Waals surface area contributed by atoms with Gasteiger partial charge in [0.15, 0.2) is 6.61 Å². The number of anilines is 3. The molecular formula is C12H16N4O3.